The van der Waals surface area contributed by atoms with Crippen molar-refractivity contribution in [3.05, 3.63) is 108 Å². The van der Waals surface area contributed by atoms with Crippen LogP contribution in [0.3, 0.4) is 0 Å². The lowest BCUT2D eigenvalue weighted by molar-refractivity contribution is -0.206. The van der Waals surface area contributed by atoms with Gasteiger partial charge in [0.05, 0.1) is 0 Å². The van der Waals surface area contributed by atoms with Gasteiger partial charge in [-0.3, -0.25) is 0 Å². The molecule has 0 fully saturated rings. The van der Waals surface area contributed by atoms with Gasteiger partial charge in [0.15, 0.2) is 12.2 Å². The van der Waals surface area contributed by atoms with E-state index in [1.807, 2.05) is 0 Å². The Kier molecular flexibility index (Phi) is 6.01. The molecule has 0 saturated carbocycles. The van der Waals surface area contributed by atoms with E-state index in [0.717, 1.165) is 0 Å². The molecule has 0 saturated heterocycles. The second kappa shape index (κ2) is 9.21. The maximum Gasteiger partial charge on any atom is 0.418 e. The van der Waals surface area contributed by atoms with Crippen LogP contribution in [0.15, 0.2) is 97.1 Å². The van der Waals surface area contributed by atoms with Gasteiger partial charge in [0.2, 0.25) is 0 Å². The van der Waals surface area contributed by atoms with Crippen molar-refractivity contribution in [2.45, 2.75) is 24.6 Å². The lowest BCUT2D eigenvalue weighted by Gasteiger charge is -2.25. The van der Waals surface area contributed by atoms with Crippen LogP contribution in [0.4, 0.5) is 26.3 Å². The van der Waals surface area contributed by atoms with Gasteiger partial charge in [-0.25, -0.2) is 0 Å². The van der Waals surface area contributed by atoms with E-state index < -0.39 is 24.6 Å². The van der Waals surface area contributed by atoms with Crippen LogP contribution in [0.2, 0.25) is 0 Å². The molecule has 0 aliphatic carbocycles. The molecule has 0 aromatic heterocycles. The summed E-state index contributed by atoms with van der Waals surface area (Å²) in [5.74, 6) is 0. The molecular weight excluding hydrogens is 530 g/mol. The molecule has 6 rings (SSSR count). The molecule has 0 bridgehead atoms. The highest BCUT2D eigenvalue weighted by molar-refractivity contribution is 6.25. The number of alkyl halides is 6. The summed E-state index contributed by atoms with van der Waals surface area (Å²) in [6.45, 7) is 0. The highest BCUT2D eigenvalue weighted by Crippen LogP contribution is 2.50. The first-order chi connectivity index (χ1) is 19.0. The fourth-order valence-electron chi connectivity index (χ4n) is 5.78. The molecule has 2 N–H and O–H groups in total. The summed E-state index contributed by atoms with van der Waals surface area (Å²) in [6.07, 6.45) is -15.4. The Morgan fingerprint density at radius 3 is 0.775 bits per heavy atom. The van der Waals surface area contributed by atoms with Crippen LogP contribution in [0.1, 0.15) is 23.3 Å². The van der Waals surface area contributed by atoms with Crippen molar-refractivity contribution in [3.63, 3.8) is 0 Å². The van der Waals surface area contributed by atoms with Crippen molar-refractivity contribution in [2.75, 3.05) is 0 Å². The van der Waals surface area contributed by atoms with Crippen LogP contribution in [-0.4, -0.2) is 22.6 Å². The van der Waals surface area contributed by atoms with Gasteiger partial charge < -0.3 is 10.2 Å². The summed E-state index contributed by atoms with van der Waals surface area (Å²) < 4.78 is 83.3. The van der Waals surface area contributed by atoms with E-state index in [0.29, 0.717) is 32.7 Å². The molecule has 0 unspecified atom stereocenters. The smallest absolute Gasteiger partial charge is 0.379 e. The predicted octanol–water partition coefficient (Wildman–Crippen LogP) is 9.16. The standard InChI is InChI=1S/C32H20F6O2/c33-31(34,35)29(39)27-21-13-5-1-9-17(21)25(18-10-2-6-14-22(18)27)26-19-11-3-7-15-23(19)28(30(40)32(36,37)38)24-16-8-4-12-20(24)26/h1-16,29-30,39-40H/t29-,30-/m0/s1. The van der Waals surface area contributed by atoms with Crippen molar-refractivity contribution in [1.29, 1.82) is 0 Å². The maximum atomic E-state index is 13.9. The largest absolute Gasteiger partial charge is 0.418 e. The predicted molar refractivity (Wildman–Crippen MR) is 144 cm³/mol. The lowest BCUT2D eigenvalue weighted by atomic mass is 9.81. The first-order valence-corrected chi connectivity index (χ1v) is 12.4. The second-order valence-corrected chi connectivity index (χ2v) is 9.65. The zero-order valence-electron chi connectivity index (χ0n) is 20.6. The topological polar surface area (TPSA) is 40.5 Å². The quantitative estimate of drug-likeness (QED) is 0.170. The Morgan fingerprint density at radius 1 is 0.375 bits per heavy atom. The van der Waals surface area contributed by atoms with Crippen molar-refractivity contribution in [1.82, 2.24) is 0 Å². The molecule has 0 aliphatic heterocycles. The fourth-order valence-corrected chi connectivity index (χ4v) is 5.78. The third-order valence-electron chi connectivity index (χ3n) is 7.36. The Morgan fingerprint density at radius 2 is 0.575 bits per heavy atom. The van der Waals surface area contributed by atoms with Gasteiger partial charge in [0.25, 0.3) is 0 Å². The first kappa shape index (κ1) is 26.1. The molecule has 6 aromatic rings. The van der Waals surface area contributed by atoms with Gasteiger partial charge in [-0.15, -0.1) is 0 Å². The monoisotopic (exact) mass is 550 g/mol. The van der Waals surface area contributed by atoms with Crippen molar-refractivity contribution in [3.8, 4) is 11.1 Å². The van der Waals surface area contributed by atoms with Crippen molar-refractivity contribution in [2.24, 2.45) is 0 Å². The van der Waals surface area contributed by atoms with Gasteiger partial charge in [0, 0.05) is 11.1 Å². The third kappa shape index (κ3) is 3.98. The number of aliphatic hydroxyl groups is 2. The van der Waals surface area contributed by atoms with Crippen LogP contribution in [0.25, 0.3) is 54.2 Å². The van der Waals surface area contributed by atoms with Crippen molar-refractivity contribution < 1.29 is 36.6 Å². The molecule has 2 atom stereocenters. The minimum atomic E-state index is -4.93. The zero-order chi connectivity index (χ0) is 28.4. The molecule has 0 amide bonds. The number of halogens is 6. The van der Waals surface area contributed by atoms with Gasteiger partial charge >= 0.3 is 12.4 Å². The minimum absolute atomic E-state index is 0.175. The van der Waals surface area contributed by atoms with Crippen LogP contribution in [-0.2, 0) is 0 Å². The summed E-state index contributed by atoms with van der Waals surface area (Å²) in [6, 6.07) is 25.5. The summed E-state index contributed by atoms with van der Waals surface area (Å²) in [5.41, 5.74) is 0.454. The Hall–Kier alpha value is -4.14. The van der Waals surface area contributed by atoms with E-state index >= 15 is 0 Å². The zero-order valence-corrected chi connectivity index (χ0v) is 20.6. The number of benzene rings is 6. The normalized spacial score (nSPS) is 14.3. The Balaban J connectivity index is 1.87. The molecule has 40 heavy (non-hydrogen) atoms. The average Bonchev–Trinajstić information content (AvgIpc) is 2.93. The van der Waals surface area contributed by atoms with Crippen LogP contribution in [0.5, 0.6) is 0 Å². The van der Waals surface area contributed by atoms with Gasteiger partial charge in [0.1, 0.15) is 0 Å². The van der Waals surface area contributed by atoms with E-state index in [4.69, 9.17) is 0 Å². The maximum absolute atomic E-state index is 13.9. The van der Waals surface area contributed by atoms with E-state index in [1.54, 1.807) is 72.8 Å². The molecule has 0 aliphatic rings. The van der Waals surface area contributed by atoms with Gasteiger partial charge in [-0.2, -0.15) is 26.3 Å². The van der Waals surface area contributed by atoms with Crippen LogP contribution >= 0.6 is 0 Å². The van der Waals surface area contributed by atoms with E-state index in [9.17, 15) is 36.6 Å². The highest BCUT2D eigenvalue weighted by atomic mass is 19.4. The number of fused-ring (bicyclic) bond motifs is 4. The molecule has 0 radical (unpaired) electrons. The molecule has 6 aromatic carbocycles. The Labute approximate surface area is 223 Å². The molecule has 0 heterocycles. The number of rotatable bonds is 3. The molecular formula is C32H20F6O2. The second-order valence-electron chi connectivity index (χ2n) is 9.65. The van der Waals surface area contributed by atoms with Gasteiger partial charge in [-0.05, 0) is 54.2 Å². The van der Waals surface area contributed by atoms with Crippen LogP contribution < -0.4 is 0 Å². The Bertz CT molecular complexity index is 1670. The molecule has 2 nitrogen and oxygen atoms in total. The number of hydrogen-bond donors (Lipinski definition) is 2. The molecule has 8 heteroatoms. The first-order valence-electron chi connectivity index (χ1n) is 12.4. The number of aliphatic hydroxyl groups excluding tert-OH is 2. The van der Waals surface area contributed by atoms with Crippen molar-refractivity contribution >= 4 is 43.1 Å². The SMILES string of the molecule is O[C@@H](c1c2ccccc2c(-c2c3ccccc3c([C@H](O)C(F)(F)F)c3ccccc23)c2ccccc12)C(F)(F)F. The average molecular weight is 550 g/mol. The summed E-state index contributed by atoms with van der Waals surface area (Å²) in [5, 5.41) is 23.3. The van der Waals surface area contributed by atoms with Gasteiger partial charge in [-0.1, -0.05) is 97.1 Å². The summed E-state index contributed by atoms with van der Waals surface area (Å²) >= 11 is 0. The summed E-state index contributed by atoms with van der Waals surface area (Å²) in [7, 11) is 0. The third-order valence-corrected chi connectivity index (χ3v) is 7.36. The van der Waals surface area contributed by atoms with E-state index in [2.05, 4.69) is 0 Å². The lowest BCUT2D eigenvalue weighted by Crippen LogP contribution is -2.21. The molecule has 202 valence electrons. The minimum Gasteiger partial charge on any atom is -0.379 e. The molecule has 0 spiro atoms. The fraction of sp³-hybridized carbons (Fsp3) is 0.125. The van der Waals surface area contributed by atoms with E-state index in [1.165, 1.54) is 24.3 Å². The highest BCUT2D eigenvalue weighted by Gasteiger charge is 2.43. The number of hydrogen-bond acceptors (Lipinski definition) is 2. The van der Waals surface area contributed by atoms with Crippen LogP contribution in [0, 0.1) is 0 Å². The summed E-state index contributed by atoms with van der Waals surface area (Å²) in [4.78, 5) is 0. The van der Waals surface area contributed by atoms with E-state index in [-0.39, 0.29) is 32.7 Å².